The summed E-state index contributed by atoms with van der Waals surface area (Å²) < 4.78 is 11.9. The average Bonchev–Trinajstić information content (AvgIpc) is 3.49. The summed E-state index contributed by atoms with van der Waals surface area (Å²) in [6, 6.07) is 9.27. The third-order valence-corrected chi connectivity index (χ3v) is 9.96. The van der Waals surface area contributed by atoms with Gasteiger partial charge in [0.25, 0.3) is 5.56 Å². The van der Waals surface area contributed by atoms with Gasteiger partial charge in [-0.25, -0.2) is 14.6 Å². The summed E-state index contributed by atoms with van der Waals surface area (Å²) >= 11 is 3.67. The van der Waals surface area contributed by atoms with Gasteiger partial charge in [0.15, 0.2) is 5.16 Å². The molecule has 1 aromatic carbocycles. The Morgan fingerprint density at radius 2 is 1.73 bits per heavy atom. The van der Waals surface area contributed by atoms with Gasteiger partial charge in [-0.2, -0.15) is 0 Å². The summed E-state index contributed by atoms with van der Waals surface area (Å²) in [7, 11) is 0. The van der Waals surface area contributed by atoms with Crippen molar-refractivity contribution in [2.24, 2.45) is 0 Å². The summed E-state index contributed by atoms with van der Waals surface area (Å²) in [6.45, 7) is 5.32. The molecule has 5 rings (SSSR count). The van der Waals surface area contributed by atoms with Crippen LogP contribution >= 0.6 is 34.4 Å². The van der Waals surface area contributed by atoms with E-state index < -0.39 is 17.8 Å². The highest BCUT2D eigenvalue weighted by Gasteiger charge is 2.28. The monoisotopic (exact) mass is 611 g/mol. The lowest BCUT2D eigenvalue weighted by Gasteiger charge is -2.13. The summed E-state index contributed by atoms with van der Waals surface area (Å²) in [5, 5.41) is 4.05. The molecule has 214 valence electrons. The first-order valence-electron chi connectivity index (χ1n) is 13.4. The SMILES string of the molecule is CCOC(=O)c1sc(NC(=O)CSc2nc3sc4c(c3c(=O)n2-c2ccccc2)CCCC4)c(C(=O)OCC)c1C. The largest absolute Gasteiger partial charge is 0.462 e. The molecule has 41 heavy (non-hydrogen) atoms. The number of thioether (sulfide) groups is 1. The molecule has 4 aromatic rings. The number of nitrogens with zero attached hydrogens (tertiary/aromatic N) is 2. The number of nitrogens with one attached hydrogen (secondary N) is 1. The van der Waals surface area contributed by atoms with E-state index in [-0.39, 0.29) is 40.0 Å². The van der Waals surface area contributed by atoms with Crippen LogP contribution in [0.15, 0.2) is 40.3 Å². The van der Waals surface area contributed by atoms with Gasteiger partial charge >= 0.3 is 11.9 Å². The van der Waals surface area contributed by atoms with E-state index in [1.54, 1.807) is 36.7 Å². The molecular formula is C29H29N3O6S3. The van der Waals surface area contributed by atoms with E-state index in [0.29, 0.717) is 26.6 Å². The van der Waals surface area contributed by atoms with Crippen molar-refractivity contribution >= 4 is 67.5 Å². The molecule has 1 N–H and O–H groups in total. The topological polar surface area (TPSA) is 117 Å². The van der Waals surface area contributed by atoms with Crippen LogP contribution in [0.3, 0.4) is 0 Å². The molecule has 1 aliphatic rings. The Morgan fingerprint density at radius 1 is 1.02 bits per heavy atom. The molecule has 0 fully saturated rings. The molecule has 1 aliphatic carbocycles. The van der Waals surface area contributed by atoms with E-state index in [1.807, 2.05) is 30.3 Å². The quantitative estimate of drug-likeness (QED) is 0.144. The number of fused-ring (bicyclic) bond motifs is 3. The highest BCUT2D eigenvalue weighted by Crippen LogP contribution is 2.36. The lowest BCUT2D eigenvalue weighted by atomic mass is 9.97. The highest BCUT2D eigenvalue weighted by atomic mass is 32.2. The molecule has 0 unspecified atom stereocenters. The van der Waals surface area contributed by atoms with Crippen LogP contribution in [0.1, 0.15) is 62.7 Å². The predicted octanol–water partition coefficient (Wildman–Crippen LogP) is 5.78. The van der Waals surface area contributed by atoms with Gasteiger partial charge in [0, 0.05) is 4.88 Å². The first-order chi connectivity index (χ1) is 19.8. The maximum absolute atomic E-state index is 13.9. The van der Waals surface area contributed by atoms with E-state index in [1.165, 1.54) is 4.88 Å². The van der Waals surface area contributed by atoms with Crippen molar-refractivity contribution in [3.8, 4) is 5.69 Å². The van der Waals surface area contributed by atoms with E-state index in [4.69, 9.17) is 14.5 Å². The zero-order valence-corrected chi connectivity index (χ0v) is 25.4. The molecule has 0 spiro atoms. The first-order valence-corrected chi connectivity index (χ1v) is 16.0. The summed E-state index contributed by atoms with van der Waals surface area (Å²) in [4.78, 5) is 59.2. The van der Waals surface area contributed by atoms with Crippen molar-refractivity contribution in [3.05, 3.63) is 67.1 Å². The number of hydrogen-bond donors (Lipinski definition) is 1. The van der Waals surface area contributed by atoms with E-state index >= 15 is 0 Å². The Labute approximate surface area is 248 Å². The Balaban J connectivity index is 1.46. The van der Waals surface area contributed by atoms with Gasteiger partial charge in [-0.15, -0.1) is 22.7 Å². The maximum atomic E-state index is 13.9. The van der Waals surface area contributed by atoms with Crippen molar-refractivity contribution in [3.63, 3.8) is 0 Å². The fraction of sp³-hybridized carbons (Fsp3) is 0.345. The number of ether oxygens (including phenoxy) is 2. The molecular weight excluding hydrogens is 583 g/mol. The van der Waals surface area contributed by atoms with Crippen LogP contribution in [0.25, 0.3) is 15.9 Å². The van der Waals surface area contributed by atoms with Gasteiger partial charge in [0.1, 0.15) is 14.7 Å². The normalized spacial score (nSPS) is 12.7. The lowest BCUT2D eigenvalue weighted by molar-refractivity contribution is -0.113. The third-order valence-electron chi connectivity index (χ3n) is 6.65. The Morgan fingerprint density at radius 3 is 2.46 bits per heavy atom. The van der Waals surface area contributed by atoms with Gasteiger partial charge in [-0.3, -0.25) is 14.2 Å². The summed E-state index contributed by atoms with van der Waals surface area (Å²) in [5.74, 6) is -1.70. The smallest absolute Gasteiger partial charge is 0.348 e. The molecule has 0 saturated carbocycles. The van der Waals surface area contributed by atoms with Crippen molar-refractivity contribution in [2.75, 3.05) is 24.3 Å². The number of benzene rings is 1. The van der Waals surface area contributed by atoms with E-state index in [0.717, 1.165) is 54.3 Å². The summed E-state index contributed by atoms with van der Waals surface area (Å²) in [5.41, 5.74) is 2.15. The van der Waals surface area contributed by atoms with Crippen LogP contribution in [0.5, 0.6) is 0 Å². The van der Waals surface area contributed by atoms with Crippen LogP contribution in [0.2, 0.25) is 0 Å². The number of esters is 2. The number of amides is 1. The lowest BCUT2D eigenvalue weighted by Crippen LogP contribution is -2.23. The fourth-order valence-corrected chi connectivity index (χ4v) is 8.04. The molecule has 3 aromatic heterocycles. The van der Waals surface area contributed by atoms with Crippen LogP contribution in [-0.2, 0) is 27.1 Å². The van der Waals surface area contributed by atoms with Gasteiger partial charge in [0.2, 0.25) is 5.91 Å². The van der Waals surface area contributed by atoms with Crippen LogP contribution < -0.4 is 10.9 Å². The molecule has 12 heteroatoms. The number of rotatable bonds is 9. The van der Waals surface area contributed by atoms with Crippen molar-refractivity contribution in [1.29, 1.82) is 0 Å². The van der Waals surface area contributed by atoms with E-state index in [9.17, 15) is 19.2 Å². The predicted molar refractivity (Wildman–Crippen MR) is 162 cm³/mol. The molecule has 9 nitrogen and oxygen atoms in total. The van der Waals surface area contributed by atoms with Crippen LogP contribution in [-0.4, -0.2) is 46.4 Å². The zero-order chi connectivity index (χ0) is 29.1. The van der Waals surface area contributed by atoms with Crippen LogP contribution in [0.4, 0.5) is 5.00 Å². The second-order valence-corrected chi connectivity index (χ2v) is 12.3. The number of hydrogen-bond acceptors (Lipinski definition) is 10. The third kappa shape index (κ3) is 5.81. The summed E-state index contributed by atoms with van der Waals surface area (Å²) in [6.07, 6.45) is 3.96. The number of carbonyl (C=O) groups is 3. The second kappa shape index (κ2) is 12.6. The van der Waals surface area contributed by atoms with Gasteiger partial charge < -0.3 is 14.8 Å². The average molecular weight is 612 g/mol. The fourth-order valence-electron chi connectivity index (χ4n) is 4.82. The highest BCUT2D eigenvalue weighted by molar-refractivity contribution is 7.99. The number of para-hydroxylation sites is 1. The Bertz CT molecular complexity index is 1690. The van der Waals surface area contributed by atoms with Crippen molar-refractivity contribution < 1.29 is 23.9 Å². The number of aryl methyl sites for hydroxylation is 2. The molecule has 0 aliphatic heterocycles. The first kappa shape index (κ1) is 29.0. The van der Waals surface area contributed by atoms with E-state index in [2.05, 4.69) is 5.32 Å². The second-order valence-electron chi connectivity index (χ2n) is 9.30. The number of thiophene rings is 2. The number of aromatic nitrogens is 2. The van der Waals surface area contributed by atoms with Crippen molar-refractivity contribution in [1.82, 2.24) is 9.55 Å². The maximum Gasteiger partial charge on any atom is 0.348 e. The number of anilines is 1. The van der Waals surface area contributed by atoms with Gasteiger partial charge in [-0.1, -0.05) is 30.0 Å². The standard InChI is InChI=1S/C29H29N3O6S3/c1-4-37-27(35)21-16(3)23(28(36)38-5-2)41-24(21)30-20(33)15-39-29-31-25-22(18-13-9-10-14-19(18)40-25)26(34)32(29)17-11-7-6-8-12-17/h6-8,11-12H,4-5,9-10,13-15H2,1-3H3,(H,30,33). The number of carbonyl (C=O) groups excluding carboxylic acids is 3. The Kier molecular flexibility index (Phi) is 8.91. The molecule has 1 amide bonds. The minimum atomic E-state index is -0.633. The molecule has 0 bridgehead atoms. The molecule has 0 saturated heterocycles. The molecule has 3 heterocycles. The molecule has 0 radical (unpaired) electrons. The Hall–Kier alpha value is -3.48. The van der Waals surface area contributed by atoms with Crippen LogP contribution in [0, 0.1) is 6.92 Å². The minimum absolute atomic E-state index is 0.0795. The minimum Gasteiger partial charge on any atom is -0.462 e. The van der Waals surface area contributed by atoms with Gasteiger partial charge in [0.05, 0.1) is 35.6 Å². The van der Waals surface area contributed by atoms with Gasteiger partial charge in [-0.05, 0) is 69.7 Å². The molecule has 0 atom stereocenters. The zero-order valence-electron chi connectivity index (χ0n) is 22.9. The van der Waals surface area contributed by atoms with Crippen molar-refractivity contribution in [2.45, 2.75) is 51.6 Å².